The molecular weight excluding hydrogens is 145 g/mol. The van der Waals surface area contributed by atoms with Gasteiger partial charge >= 0.3 is 0 Å². The van der Waals surface area contributed by atoms with Gasteiger partial charge in [-0.05, 0) is 18.9 Å². The Bertz CT molecular complexity index is 169. The molecule has 1 heterocycles. The Kier molecular flexibility index (Phi) is 2.63. The summed E-state index contributed by atoms with van der Waals surface area (Å²) in [6.45, 7) is 3.61. The van der Waals surface area contributed by atoms with Crippen molar-refractivity contribution in [3.8, 4) is 0 Å². The Labute approximate surface area is 65.7 Å². The van der Waals surface area contributed by atoms with Gasteiger partial charge in [0.25, 0.3) is 0 Å². The van der Waals surface area contributed by atoms with E-state index in [1.807, 2.05) is 0 Å². The lowest BCUT2D eigenvalue weighted by atomic mass is 10.2. The Balaban J connectivity index is 2.55. The molecule has 0 N–H and O–H groups in total. The van der Waals surface area contributed by atoms with Crippen LogP contribution in [0.25, 0.3) is 0 Å². The highest BCUT2D eigenvalue weighted by Gasteiger charge is 2.26. The van der Waals surface area contributed by atoms with E-state index in [4.69, 9.17) is 0 Å². The molecule has 11 heavy (non-hydrogen) atoms. The SMILES string of the molecule is C=CC(=O)N1CCCC1CF. The van der Waals surface area contributed by atoms with Gasteiger partial charge in [0.2, 0.25) is 5.91 Å². The predicted molar refractivity (Wildman–Crippen MR) is 40.9 cm³/mol. The molecule has 1 fully saturated rings. The van der Waals surface area contributed by atoms with Crippen LogP contribution in [0.1, 0.15) is 12.8 Å². The van der Waals surface area contributed by atoms with Gasteiger partial charge in [-0.1, -0.05) is 6.58 Å². The van der Waals surface area contributed by atoms with Crippen LogP contribution in [-0.2, 0) is 4.79 Å². The van der Waals surface area contributed by atoms with E-state index in [9.17, 15) is 9.18 Å². The van der Waals surface area contributed by atoms with E-state index >= 15 is 0 Å². The number of hydrogen-bond donors (Lipinski definition) is 0. The third kappa shape index (κ3) is 1.59. The van der Waals surface area contributed by atoms with Gasteiger partial charge in [-0.25, -0.2) is 4.39 Å². The highest BCUT2D eigenvalue weighted by atomic mass is 19.1. The second-order valence-corrected chi connectivity index (χ2v) is 2.69. The van der Waals surface area contributed by atoms with Crippen LogP contribution in [-0.4, -0.2) is 30.1 Å². The van der Waals surface area contributed by atoms with Crippen LogP contribution in [0, 0.1) is 0 Å². The second-order valence-electron chi connectivity index (χ2n) is 2.69. The minimum Gasteiger partial charge on any atom is -0.334 e. The Morgan fingerprint density at radius 2 is 2.55 bits per heavy atom. The van der Waals surface area contributed by atoms with Crippen LogP contribution in [0.3, 0.4) is 0 Å². The maximum absolute atomic E-state index is 12.2. The number of carbonyl (C=O) groups is 1. The summed E-state index contributed by atoms with van der Waals surface area (Å²) in [5, 5.41) is 0. The first-order chi connectivity index (χ1) is 5.29. The molecule has 0 aliphatic carbocycles. The zero-order valence-corrected chi connectivity index (χ0v) is 6.42. The van der Waals surface area contributed by atoms with E-state index < -0.39 is 6.67 Å². The first-order valence-electron chi connectivity index (χ1n) is 3.78. The summed E-state index contributed by atoms with van der Waals surface area (Å²) in [6, 6.07) is -0.194. The van der Waals surface area contributed by atoms with Gasteiger partial charge in [-0.15, -0.1) is 0 Å². The molecule has 0 aromatic carbocycles. The summed E-state index contributed by atoms with van der Waals surface area (Å²) in [5.74, 6) is -0.148. The summed E-state index contributed by atoms with van der Waals surface area (Å²) >= 11 is 0. The summed E-state index contributed by atoms with van der Waals surface area (Å²) in [4.78, 5) is 12.6. The third-order valence-corrected chi connectivity index (χ3v) is 2.01. The maximum atomic E-state index is 12.2. The molecule has 0 aromatic heterocycles. The van der Waals surface area contributed by atoms with Crippen LogP contribution >= 0.6 is 0 Å². The summed E-state index contributed by atoms with van der Waals surface area (Å²) < 4.78 is 12.2. The van der Waals surface area contributed by atoms with E-state index in [0.717, 1.165) is 12.8 Å². The van der Waals surface area contributed by atoms with Crippen molar-refractivity contribution >= 4 is 5.91 Å². The summed E-state index contributed by atoms with van der Waals surface area (Å²) in [5.41, 5.74) is 0. The molecule has 0 radical (unpaired) electrons. The minimum atomic E-state index is -0.431. The van der Waals surface area contributed by atoms with Gasteiger partial charge in [-0.2, -0.15) is 0 Å². The lowest BCUT2D eigenvalue weighted by molar-refractivity contribution is -0.127. The monoisotopic (exact) mass is 157 g/mol. The van der Waals surface area contributed by atoms with Gasteiger partial charge in [0.05, 0.1) is 6.04 Å². The fraction of sp³-hybridized carbons (Fsp3) is 0.625. The average Bonchev–Trinajstić information content (AvgIpc) is 2.50. The van der Waals surface area contributed by atoms with E-state index in [1.54, 1.807) is 4.90 Å². The molecule has 2 nitrogen and oxygen atoms in total. The summed E-state index contributed by atoms with van der Waals surface area (Å²) in [7, 11) is 0. The number of likely N-dealkylation sites (tertiary alicyclic amines) is 1. The highest BCUT2D eigenvalue weighted by Crippen LogP contribution is 2.17. The van der Waals surface area contributed by atoms with Gasteiger partial charge in [0.15, 0.2) is 0 Å². The second kappa shape index (κ2) is 3.51. The number of hydrogen-bond acceptors (Lipinski definition) is 1. The normalized spacial score (nSPS) is 23.7. The standard InChI is InChI=1S/C8H12FNO/c1-2-8(11)10-5-3-4-7(10)6-9/h2,7H,1,3-6H2. The molecular formula is C8H12FNO. The van der Waals surface area contributed by atoms with Gasteiger partial charge in [0, 0.05) is 6.54 Å². The van der Waals surface area contributed by atoms with E-state index in [2.05, 4.69) is 6.58 Å². The number of nitrogens with zero attached hydrogens (tertiary/aromatic N) is 1. The van der Waals surface area contributed by atoms with E-state index in [0.29, 0.717) is 6.54 Å². The minimum absolute atomic E-state index is 0.148. The first kappa shape index (κ1) is 8.24. The quantitative estimate of drug-likeness (QED) is 0.550. The molecule has 1 unspecified atom stereocenters. The Morgan fingerprint density at radius 3 is 3.09 bits per heavy atom. The zero-order chi connectivity index (χ0) is 8.27. The van der Waals surface area contributed by atoms with E-state index in [-0.39, 0.29) is 11.9 Å². The molecule has 1 amide bonds. The van der Waals surface area contributed by atoms with Crippen molar-refractivity contribution in [3.63, 3.8) is 0 Å². The van der Waals surface area contributed by atoms with Gasteiger partial charge in [-0.3, -0.25) is 4.79 Å². The smallest absolute Gasteiger partial charge is 0.246 e. The number of alkyl halides is 1. The van der Waals surface area contributed by atoms with Crippen LogP contribution < -0.4 is 0 Å². The number of amides is 1. The summed E-state index contributed by atoms with van der Waals surface area (Å²) in [6.07, 6.45) is 2.94. The lowest BCUT2D eigenvalue weighted by Gasteiger charge is -2.20. The zero-order valence-electron chi connectivity index (χ0n) is 6.42. The molecule has 0 bridgehead atoms. The fourth-order valence-corrected chi connectivity index (χ4v) is 1.40. The van der Waals surface area contributed by atoms with Crippen LogP contribution in [0.5, 0.6) is 0 Å². The third-order valence-electron chi connectivity index (χ3n) is 2.01. The van der Waals surface area contributed by atoms with Gasteiger partial charge in [0.1, 0.15) is 6.67 Å². The first-order valence-corrected chi connectivity index (χ1v) is 3.78. The van der Waals surface area contributed by atoms with E-state index in [1.165, 1.54) is 6.08 Å². The molecule has 0 spiro atoms. The molecule has 1 saturated heterocycles. The predicted octanol–water partition coefficient (Wildman–Crippen LogP) is 1.13. The van der Waals surface area contributed by atoms with Crippen LogP contribution in [0.15, 0.2) is 12.7 Å². The Hall–Kier alpha value is -0.860. The van der Waals surface area contributed by atoms with Crippen molar-refractivity contribution in [2.75, 3.05) is 13.2 Å². The molecule has 1 aliphatic heterocycles. The Morgan fingerprint density at radius 1 is 1.82 bits per heavy atom. The van der Waals surface area contributed by atoms with Crippen molar-refractivity contribution in [1.82, 2.24) is 4.90 Å². The highest BCUT2D eigenvalue weighted by molar-refractivity contribution is 5.87. The number of carbonyl (C=O) groups excluding carboxylic acids is 1. The van der Waals surface area contributed by atoms with Crippen LogP contribution in [0.4, 0.5) is 4.39 Å². The van der Waals surface area contributed by atoms with Crippen molar-refractivity contribution in [3.05, 3.63) is 12.7 Å². The van der Waals surface area contributed by atoms with Crippen molar-refractivity contribution in [2.45, 2.75) is 18.9 Å². The van der Waals surface area contributed by atoms with Crippen LogP contribution in [0.2, 0.25) is 0 Å². The molecule has 0 aromatic rings. The topological polar surface area (TPSA) is 20.3 Å². The van der Waals surface area contributed by atoms with Crippen molar-refractivity contribution in [2.24, 2.45) is 0 Å². The molecule has 1 atom stereocenters. The van der Waals surface area contributed by atoms with Crippen molar-refractivity contribution < 1.29 is 9.18 Å². The molecule has 1 rings (SSSR count). The molecule has 0 saturated carbocycles. The number of halogens is 1. The molecule has 1 aliphatic rings. The maximum Gasteiger partial charge on any atom is 0.246 e. The lowest BCUT2D eigenvalue weighted by Crippen LogP contribution is -2.35. The average molecular weight is 157 g/mol. The molecule has 3 heteroatoms. The number of rotatable bonds is 2. The largest absolute Gasteiger partial charge is 0.334 e. The molecule has 62 valence electrons. The fourth-order valence-electron chi connectivity index (χ4n) is 1.40. The van der Waals surface area contributed by atoms with Crippen molar-refractivity contribution in [1.29, 1.82) is 0 Å². The van der Waals surface area contributed by atoms with Gasteiger partial charge < -0.3 is 4.90 Å².